The van der Waals surface area contributed by atoms with Crippen LogP contribution in [0.3, 0.4) is 0 Å². The molecule has 0 saturated carbocycles. The summed E-state index contributed by atoms with van der Waals surface area (Å²) >= 11 is 0. The monoisotopic (exact) mass is 721 g/mol. The van der Waals surface area contributed by atoms with Gasteiger partial charge < -0.3 is 18.9 Å². The third-order valence-electron chi connectivity index (χ3n) is 8.89. The molecule has 0 spiro atoms. The van der Waals surface area contributed by atoms with Gasteiger partial charge in [0.05, 0.1) is 27.7 Å². The van der Waals surface area contributed by atoms with Crippen LogP contribution in [0.2, 0.25) is 0 Å². The van der Waals surface area contributed by atoms with Crippen molar-refractivity contribution < 1.29 is 42.1 Å². The van der Waals surface area contributed by atoms with E-state index in [1.807, 2.05) is 21.1 Å². The molecule has 0 amide bonds. The molecule has 0 aliphatic carbocycles. The molecule has 0 fully saturated rings. The van der Waals surface area contributed by atoms with Crippen molar-refractivity contribution in [3.05, 3.63) is 0 Å². The van der Waals surface area contributed by atoms with Gasteiger partial charge in [0.25, 0.3) is 0 Å². The van der Waals surface area contributed by atoms with E-state index in [1.54, 1.807) is 0 Å². The molecule has 292 valence electrons. The molecule has 0 aliphatic heterocycles. The number of phosphoric ester groups is 1. The van der Waals surface area contributed by atoms with Gasteiger partial charge in [-0.15, -0.1) is 0 Å². The van der Waals surface area contributed by atoms with E-state index in [1.165, 1.54) is 122 Å². The summed E-state index contributed by atoms with van der Waals surface area (Å²) in [6.07, 6.45) is 30.0. The highest BCUT2D eigenvalue weighted by molar-refractivity contribution is 7.47. The minimum atomic E-state index is -4.36. The van der Waals surface area contributed by atoms with E-state index < -0.39 is 26.5 Å². The Kier molecular flexibility index (Phi) is 32.2. The van der Waals surface area contributed by atoms with Crippen LogP contribution in [0.1, 0.15) is 187 Å². The van der Waals surface area contributed by atoms with Gasteiger partial charge in [0.15, 0.2) is 6.10 Å². The van der Waals surface area contributed by atoms with Crippen LogP contribution in [0, 0.1) is 0 Å². The number of hydrogen-bond acceptors (Lipinski definition) is 7. The molecule has 0 aliphatic rings. The number of nitrogens with zero attached hydrogens (tertiary/aromatic N) is 1. The molecule has 0 aromatic rings. The van der Waals surface area contributed by atoms with Crippen LogP contribution in [-0.2, 0) is 32.7 Å². The van der Waals surface area contributed by atoms with Crippen LogP contribution >= 0.6 is 7.82 Å². The third kappa shape index (κ3) is 36.6. The number of unbranched alkanes of at least 4 members (excludes halogenated alkanes) is 23. The lowest BCUT2D eigenvalue weighted by Crippen LogP contribution is -2.37. The minimum absolute atomic E-state index is 0.0365. The topological polar surface area (TPSA) is 108 Å². The number of carbonyl (C=O) groups excluding carboxylic acids is 2. The fourth-order valence-electron chi connectivity index (χ4n) is 5.66. The van der Waals surface area contributed by atoms with Crippen LogP contribution < -0.4 is 0 Å². The van der Waals surface area contributed by atoms with Crippen LogP contribution in [-0.4, -0.2) is 74.9 Å². The van der Waals surface area contributed by atoms with Gasteiger partial charge in [-0.2, -0.15) is 0 Å². The van der Waals surface area contributed by atoms with Gasteiger partial charge >= 0.3 is 19.8 Å². The number of rotatable bonds is 37. The predicted molar refractivity (Wildman–Crippen MR) is 201 cm³/mol. The van der Waals surface area contributed by atoms with Gasteiger partial charge in [0.1, 0.15) is 19.8 Å². The summed E-state index contributed by atoms with van der Waals surface area (Å²) in [4.78, 5) is 35.2. The largest absolute Gasteiger partial charge is 0.472 e. The van der Waals surface area contributed by atoms with E-state index in [0.29, 0.717) is 17.4 Å². The number of quaternary nitrogens is 1. The second-order valence-corrected chi connectivity index (χ2v) is 16.5. The fourth-order valence-corrected chi connectivity index (χ4v) is 6.40. The van der Waals surface area contributed by atoms with E-state index in [-0.39, 0.29) is 25.6 Å². The lowest BCUT2D eigenvalue weighted by Gasteiger charge is -2.24. The lowest BCUT2D eigenvalue weighted by atomic mass is 10.0. The summed E-state index contributed by atoms with van der Waals surface area (Å²) in [5.41, 5.74) is 0. The van der Waals surface area contributed by atoms with Crippen molar-refractivity contribution in [2.45, 2.75) is 193 Å². The number of hydrogen-bond donors (Lipinski definition) is 1. The Morgan fingerprint density at radius 3 is 1.31 bits per heavy atom. The van der Waals surface area contributed by atoms with E-state index in [2.05, 4.69) is 13.8 Å². The van der Waals surface area contributed by atoms with Crippen molar-refractivity contribution in [1.82, 2.24) is 0 Å². The van der Waals surface area contributed by atoms with E-state index >= 15 is 0 Å². The van der Waals surface area contributed by atoms with Crippen molar-refractivity contribution in [1.29, 1.82) is 0 Å². The van der Waals surface area contributed by atoms with Crippen molar-refractivity contribution >= 4 is 19.8 Å². The second-order valence-electron chi connectivity index (χ2n) is 15.0. The van der Waals surface area contributed by atoms with Crippen LogP contribution in [0.15, 0.2) is 0 Å². The quantitative estimate of drug-likeness (QED) is 0.0292. The van der Waals surface area contributed by atoms with Crippen molar-refractivity contribution in [2.24, 2.45) is 0 Å². The molecular formula is C39H79NO8P+. The maximum absolute atomic E-state index is 12.6. The summed E-state index contributed by atoms with van der Waals surface area (Å²) in [5.74, 6) is -0.789. The highest BCUT2D eigenvalue weighted by Crippen LogP contribution is 2.43. The molecule has 0 aromatic heterocycles. The Bertz CT molecular complexity index is 819. The van der Waals surface area contributed by atoms with Crippen LogP contribution in [0.4, 0.5) is 0 Å². The SMILES string of the molecule is CCCCCCCCCCCCCCCC(=O)OC[C@@H](COP(=O)(O)OCC[N+](C)(C)C)OC(=O)CCCCCCCCCCCCCC. The molecule has 0 rings (SSSR count). The number of carbonyl (C=O) groups is 2. The molecule has 10 heteroatoms. The second kappa shape index (κ2) is 32.9. The summed E-state index contributed by atoms with van der Waals surface area (Å²) in [6, 6.07) is 0. The van der Waals surface area contributed by atoms with E-state index in [4.69, 9.17) is 18.5 Å². The average molecular weight is 721 g/mol. The number of esters is 2. The average Bonchev–Trinajstić information content (AvgIpc) is 3.04. The van der Waals surface area contributed by atoms with Crippen molar-refractivity contribution in [3.63, 3.8) is 0 Å². The van der Waals surface area contributed by atoms with E-state index in [9.17, 15) is 19.0 Å². The Morgan fingerprint density at radius 1 is 0.551 bits per heavy atom. The standard InChI is InChI=1S/C39H78NO8P/c1-6-8-10-12-14-16-18-20-22-23-25-27-29-31-38(41)45-35-37(36-47-49(43,44)46-34-33-40(3,4)5)48-39(42)32-30-28-26-24-21-19-17-15-13-11-9-7-2/h37H,6-36H2,1-5H3/p+1/t37-/m0/s1. The third-order valence-corrected chi connectivity index (χ3v) is 9.87. The Morgan fingerprint density at radius 2 is 0.918 bits per heavy atom. The Labute approximate surface area is 302 Å². The number of ether oxygens (including phenoxy) is 2. The maximum Gasteiger partial charge on any atom is 0.472 e. The first-order valence-corrected chi connectivity index (χ1v) is 21.8. The van der Waals surface area contributed by atoms with Crippen molar-refractivity contribution in [2.75, 3.05) is 47.5 Å². The Hall–Kier alpha value is -0.990. The van der Waals surface area contributed by atoms with Crippen molar-refractivity contribution in [3.8, 4) is 0 Å². The maximum atomic E-state index is 12.6. The molecule has 2 atom stereocenters. The van der Waals surface area contributed by atoms with Gasteiger partial charge in [0.2, 0.25) is 0 Å². The number of likely N-dealkylation sites (N-methyl/N-ethyl adjacent to an activating group) is 1. The number of phosphoric acid groups is 1. The summed E-state index contributed by atoms with van der Waals surface area (Å²) in [7, 11) is 1.49. The minimum Gasteiger partial charge on any atom is -0.462 e. The van der Waals surface area contributed by atoms with Gasteiger partial charge in [0, 0.05) is 12.8 Å². The molecule has 0 heterocycles. The summed E-state index contributed by atoms with van der Waals surface area (Å²) in [5, 5.41) is 0. The fraction of sp³-hybridized carbons (Fsp3) is 0.949. The first-order valence-electron chi connectivity index (χ1n) is 20.3. The zero-order valence-corrected chi connectivity index (χ0v) is 33.6. The van der Waals surface area contributed by atoms with Gasteiger partial charge in [-0.05, 0) is 12.8 Å². The first-order chi connectivity index (χ1) is 23.5. The van der Waals surface area contributed by atoms with Gasteiger partial charge in [-0.25, -0.2) is 4.57 Å². The van der Waals surface area contributed by atoms with Crippen LogP contribution in [0.5, 0.6) is 0 Å². The first kappa shape index (κ1) is 48.0. The molecule has 49 heavy (non-hydrogen) atoms. The highest BCUT2D eigenvalue weighted by Gasteiger charge is 2.27. The van der Waals surface area contributed by atoms with Crippen LogP contribution in [0.25, 0.3) is 0 Å². The summed E-state index contributed by atoms with van der Waals surface area (Å²) < 4.78 is 34.2. The zero-order chi connectivity index (χ0) is 36.5. The smallest absolute Gasteiger partial charge is 0.462 e. The molecule has 0 radical (unpaired) electrons. The molecule has 0 saturated heterocycles. The lowest BCUT2D eigenvalue weighted by molar-refractivity contribution is -0.870. The molecule has 0 aromatic carbocycles. The Balaban J connectivity index is 4.38. The normalized spacial score (nSPS) is 13.7. The zero-order valence-electron chi connectivity index (χ0n) is 32.7. The molecule has 1 N–H and O–H groups in total. The molecule has 1 unspecified atom stereocenters. The van der Waals surface area contributed by atoms with Gasteiger partial charge in [-0.1, -0.05) is 162 Å². The highest BCUT2D eigenvalue weighted by atomic mass is 31.2. The van der Waals surface area contributed by atoms with E-state index in [0.717, 1.165) is 38.5 Å². The molecule has 0 bridgehead atoms. The molecule has 9 nitrogen and oxygen atoms in total. The predicted octanol–water partition coefficient (Wildman–Crippen LogP) is 10.9. The summed E-state index contributed by atoms with van der Waals surface area (Å²) in [6.45, 7) is 4.43. The van der Waals surface area contributed by atoms with Gasteiger partial charge in [-0.3, -0.25) is 18.6 Å². The molecular weight excluding hydrogens is 641 g/mol.